The Morgan fingerprint density at radius 1 is 1.12 bits per heavy atom. The number of H-pyrrole nitrogens is 1. The molecule has 2 N–H and O–H groups in total. The van der Waals surface area contributed by atoms with Crippen molar-refractivity contribution in [3.8, 4) is 22.4 Å². The van der Waals surface area contributed by atoms with E-state index in [1.807, 2.05) is 26.1 Å². The summed E-state index contributed by atoms with van der Waals surface area (Å²) in [6.07, 6.45) is 12.3. The van der Waals surface area contributed by atoms with E-state index in [0.717, 1.165) is 60.7 Å². The molecule has 2 aromatic heterocycles. The van der Waals surface area contributed by atoms with E-state index in [2.05, 4.69) is 63.5 Å². The van der Waals surface area contributed by atoms with Gasteiger partial charge in [0.2, 0.25) is 0 Å². The summed E-state index contributed by atoms with van der Waals surface area (Å²) >= 11 is 0. The van der Waals surface area contributed by atoms with Crippen LogP contribution in [0, 0.1) is 5.82 Å². The van der Waals surface area contributed by atoms with E-state index in [1.165, 1.54) is 17.7 Å². The van der Waals surface area contributed by atoms with E-state index in [9.17, 15) is 4.39 Å². The van der Waals surface area contributed by atoms with Gasteiger partial charge in [0, 0.05) is 43.0 Å². The minimum atomic E-state index is -0.250. The molecule has 180 valence electrons. The zero-order valence-corrected chi connectivity index (χ0v) is 20.7. The lowest BCUT2D eigenvalue weighted by atomic mass is 10.0. The minimum Gasteiger partial charge on any atom is -0.367 e. The Labute approximate surface area is 202 Å². The monoisotopic (exact) mass is 461 g/mol. The van der Waals surface area contributed by atoms with Gasteiger partial charge in [0.1, 0.15) is 11.6 Å². The third-order valence-corrected chi connectivity index (χ3v) is 5.94. The zero-order valence-electron chi connectivity index (χ0n) is 20.7. The Bertz CT molecular complexity index is 1080. The van der Waals surface area contributed by atoms with E-state index in [1.54, 1.807) is 18.3 Å². The van der Waals surface area contributed by atoms with E-state index in [0.29, 0.717) is 6.04 Å². The SMILES string of the molecule is C/C=C\C(=C/C)CN1CCC(Nc2cc(-c3cn[nH]c3-c3ccc(F)cc3)ccn2)CC1.CC. The number of nitrogens with zero attached hydrogens (tertiary/aromatic N) is 3. The van der Waals surface area contributed by atoms with E-state index in [-0.39, 0.29) is 5.82 Å². The number of piperidine rings is 1. The maximum Gasteiger partial charge on any atom is 0.126 e. The Hall–Kier alpha value is -3.25. The number of halogens is 1. The van der Waals surface area contributed by atoms with Gasteiger partial charge in [0.15, 0.2) is 0 Å². The van der Waals surface area contributed by atoms with Gasteiger partial charge in [0.25, 0.3) is 0 Å². The van der Waals surface area contributed by atoms with Gasteiger partial charge in [-0.3, -0.25) is 10.00 Å². The van der Waals surface area contributed by atoms with Crippen molar-refractivity contribution in [2.24, 2.45) is 0 Å². The fourth-order valence-corrected chi connectivity index (χ4v) is 4.18. The molecule has 1 aromatic carbocycles. The first-order valence-electron chi connectivity index (χ1n) is 12.2. The number of hydrogen-bond acceptors (Lipinski definition) is 4. The van der Waals surface area contributed by atoms with Gasteiger partial charge in [-0.15, -0.1) is 0 Å². The molecule has 0 saturated carbocycles. The molecule has 1 fully saturated rings. The highest BCUT2D eigenvalue weighted by Gasteiger charge is 2.20. The summed E-state index contributed by atoms with van der Waals surface area (Å²) in [5.74, 6) is 0.621. The minimum absolute atomic E-state index is 0.250. The Kier molecular flexibility index (Phi) is 9.59. The summed E-state index contributed by atoms with van der Waals surface area (Å²) in [5.41, 5.74) is 5.13. The van der Waals surface area contributed by atoms with Gasteiger partial charge in [-0.05, 0) is 74.2 Å². The highest BCUT2D eigenvalue weighted by Crippen LogP contribution is 2.31. The van der Waals surface area contributed by atoms with Crippen LogP contribution in [0.5, 0.6) is 0 Å². The fourth-order valence-electron chi connectivity index (χ4n) is 4.18. The van der Waals surface area contributed by atoms with Crippen LogP contribution in [0.1, 0.15) is 40.5 Å². The van der Waals surface area contributed by atoms with Crippen LogP contribution in [-0.4, -0.2) is 45.8 Å². The first-order chi connectivity index (χ1) is 16.7. The number of hydrogen-bond donors (Lipinski definition) is 2. The van der Waals surface area contributed by atoms with E-state index < -0.39 is 0 Å². The van der Waals surface area contributed by atoms with Gasteiger partial charge < -0.3 is 5.32 Å². The number of pyridine rings is 1. The lowest BCUT2D eigenvalue weighted by molar-refractivity contribution is 0.237. The number of rotatable bonds is 7. The molecule has 4 rings (SSSR count). The molecule has 6 heteroatoms. The predicted octanol–water partition coefficient (Wildman–Crippen LogP) is 6.70. The molecule has 0 aliphatic carbocycles. The van der Waals surface area contributed by atoms with Crippen LogP contribution in [0.2, 0.25) is 0 Å². The maximum atomic E-state index is 13.3. The molecule has 1 aliphatic rings. The van der Waals surface area contributed by atoms with Crippen molar-refractivity contribution in [3.05, 3.63) is 78.4 Å². The van der Waals surface area contributed by atoms with Crippen LogP contribution in [0.4, 0.5) is 10.2 Å². The molecule has 1 saturated heterocycles. The summed E-state index contributed by atoms with van der Waals surface area (Å²) in [6.45, 7) is 11.3. The quantitative estimate of drug-likeness (QED) is 0.384. The Balaban J connectivity index is 0.00000158. The van der Waals surface area contributed by atoms with Crippen molar-refractivity contribution in [1.82, 2.24) is 20.1 Å². The topological polar surface area (TPSA) is 56.8 Å². The molecular formula is C28H36FN5. The van der Waals surface area contributed by atoms with Gasteiger partial charge in [-0.2, -0.15) is 5.10 Å². The number of nitrogens with one attached hydrogen (secondary N) is 2. The molecule has 0 amide bonds. The number of benzene rings is 1. The zero-order chi connectivity index (χ0) is 24.3. The maximum absolute atomic E-state index is 13.3. The van der Waals surface area contributed by atoms with Gasteiger partial charge in [-0.1, -0.05) is 32.1 Å². The molecule has 0 bridgehead atoms. The first kappa shape index (κ1) is 25.4. The number of anilines is 1. The fraction of sp³-hybridized carbons (Fsp3) is 0.357. The van der Waals surface area contributed by atoms with Crippen molar-refractivity contribution in [2.75, 3.05) is 25.0 Å². The summed E-state index contributed by atoms with van der Waals surface area (Å²) in [6, 6.07) is 10.9. The summed E-state index contributed by atoms with van der Waals surface area (Å²) in [5, 5.41) is 10.9. The van der Waals surface area contributed by atoms with Gasteiger partial charge >= 0.3 is 0 Å². The predicted molar refractivity (Wildman–Crippen MR) is 140 cm³/mol. The number of likely N-dealkylation sites (tertiary alicyclic amines) is 1. The molecule has 0 radical (unpaired) electrons. The van der Waals surface area contributed by atoms with Crippen LogP contribution in [0.3, 0.4) is 0 Å². The van der Waals surface area contributed by atoms with E-state index in [4.69, 9.17) is 0 Å². The number of aromatic nitrogens is 3. The molecule has 1 aliphatic heterocycles. The van der Waals surface area contributed by atoms with Gasteiger partial charge in [-0.25, -0.2) is 9.37 Å². The molecule has 34 heavy (non-hydrogen) atoms. The van der Waals surface area contributed by atoms with Crippen LogP contribution in [0.15, 0.2) is 72.6 Å². The van der Waals surface area contributed by atoms with Crippen molar-refractivity contribution in [1.29, 1.82) is 0 Å². The third kappa shape index (κ3) is 6.64. The second-order valence-corrected chi connectivity index (χ2v) is 8.15. The summed E-state index contributed by atoms with van der Waals surface area (Å²) in [7, 11) is 0. The Morgan fingerprint density at radius 2 is 1.85 bits per heavy atom. The van der Waals surface area contributed by atoms with Gasteiger partial charge in [0.05, 0.1) is 11.9 Å². The molecule has 0 atom stereocenters. The largest absolute Gasteiger partial charge is 0.367 e. The second-order valence-electron chi connectivity index (χ2n) is 8.15. The number of aromatic amines is 1. The first-order valence-corrected chi connectivity index (χ1v) is 12.2. The lowest BCUT2D eigenvalue weighted by Crippen LogP contribution is -2.39. The van der Waals surface area contributed by atoms with Crippen molar-refractivity contribution in [2.45, 2.75) is 46.6 Å². The summed E-state index contributed by atoms with van der Waals surface area (Å²) < 4.78 is 13.3. The third-order valence-electron chi connectivity index (χ3n) is 5.94. The Morgan fingerprint density at radius 3 is 2.53 bits per heavy atom. The van der Waals surface area contributed by atoms with Crippen LogP contribution >= 0.6 is 0 Å². The second kappa shape index (κ2) is 12.8. The molecule has 0 unspecified atom stereocenters. The lowest BCUT2D eigenvalue weighted by Gasteiger charge is -2.32. The van der Waals surface area contributed by atoms with Crippen LogP contribution < -0.4 is 5.32 Å². The highest BCUT2D eigenvalue weighted by molar-refractivity contribution is 5.81. The van der Waals surface area contributed by atoms with Crippen molar-refractivity contribution in [3.63, 3.8) is 0 Å². The normalized spacial score (nSPS) is 15.3. The smallest absolute Gasteiger partial charge is 0.126 e. The standard InChI is InChI=1S/C26H30FN5.C2H6/c1-3-5-19(4-2)18-32-14-11-23(12-15-32)30-25-16-21(10-13-28-25)24-17-29-31-26(24)20-6-8-22(27)9-7-20;1-2/h3-10,13,16-17,23H,11-12,14-15,18H2,1-2H3,(H,28,30)(H,29,31);1-2H3/b5-3-,19-4+;. The van der Waals surface area contributed by atoms with Crippen LogP contribution in [0.25, 0.3) is 22.4 Å². The molecule has 3 heterocycles. The average molecular weight is 462 g/mol. The molecule has 0 spiro atoms. The highest BCUT2D eigenvalue weighted by atomic mass is 19.1. The van der Waals surface area contributed by atoms with Crippen molar-refractivity contribution >= 4 is 5.82 Å². The molecule has 3 aromatic rings. The summed E-state index contributed by atoms with van der Waals surface area (Å²) in [4.78, 5) is 7.05. The number of allylic oxidation sites excluding steroid dienone is 2. The molecule has 5 nitrogen and oxygen atoms in total. The van der Waals surface area contributed by atoms with Crippen molar-refractivity contribution < 1.29 is 4.39 Å². The van der Waals surface area contributed by atoms with Crippen LogP contribution in [-0.2, 0) is 0 Å². The van der Waals surface area contributed by atoms with E-state index >= 15 is 0 Å². The molecular weight excluding hydrogens is 425 g/mol. The average Bonchev–Trinajstić information content (AvgIpc) is 3.37.